The van der Waals surface area contributed by atoms with Gasteiger partial charge in [-0.3, -0.25) is 0 Å². The highest BCUT2D eigenvalue weighted by Crippen LogP contribution is 2.36. The van der Waals surface area contributed by atoms with Gasteiger partial charge in [0.2, 0.25) is 0 Å². The van der Waals surface area contributed by atoms with Crippen molar-refractivity contribution >= 4 is 9.84 Å². The van der Waals surface area contributed by atoms with Gasteiger partial charge in [-0.15, -0.1) is 0 Å². The lowest BCUT2D eigenvalue weighted by molar-refractivity contribution is 0.128. The van der Waals surface area contributed by atoms with Gasteiger partial charge in [0.15, 0.2) is 9.84 Å². The summed E-state index contributed by atoms with van der Waals surface area (Å²) in [6.45, 7) is 6.65. The maximum Gasteiger partial charge on any atom is 0.151 e. The van der Waals surface area contributed by atoms with E-state index in [0.717, 1.165) is 19.5 Å². The van der Waals surface area contributed by atoms with E-state index in [1.54, 1.807) is 0 Å². The molecule has 1 aliphatic heterocycles. The summed E-state index contributed by atoms with van der Waals surface area (Å²) in [7, 11) is -0.551. The average molecular weight is 302 g/mol. The molecule has 1 saturated carbocycles. The molecule has 0 spiro atoms. The third kappa shape index (κ3) is 4.71. The van der Waals surface area contributed by atoms with E-state index in [1.807, 2.05) is 0 Å². The predicted octanol–water partition coefficient (Wildman–Crippen LogP) is 1.66. The van der Waals surface area contributed by atoms with Crippen LogP contribution >= 0.6 is 0 Å². The molecule has 1 atom stereocenters. The Labute approximate surface area is 124 Å². The van der Waals surface area contributed by atoms with E-state index < -0.39 is 9.84 Å². The summed E-state index contributed by atoms with van der Waals surface area (Å²) in [5, 5.41) is 3.40. The fraction of sp³-hybridized carbons (Fsp3) is 1.00. The van der Waals surface area contributed by atoms with Crippen molar-refractivity contribution in [1.82, 2.24) is 10.2 Å². The van der Waals surface area contributed by atoms with Crippen LogP contribution in [0, 0.1) is 5.41 Å². The Hall–Kier alpha value is -0.130. The van der Waals surface area contributed by atoms with Crippen LogP contribution in [-0.4, -0.2) is 57.0 Å². The topological polar surface area (TPSA) is 49.4 Å². The second-order valence-corrected chi connectivity index (χ2v) is 9.66. The molecule has 1 heterocycles. The predicted molar refractivity (Wildman–Crippen MR) is 83.7 cm³/mol. The van der Waals surface area contributed by atoms with E-state index in [9.17, 15) is 8.42 Å². The van der Waals surface area contributed by atoms with Crippen LogP contribution in [-0.2, 0) is 9.84 Å². The monoisotopic (exact) mass is 302 g/mol. The highest BCUT2D eigenvalue weighted by atomic mass is 32.2. The fourth-order valence-electron chi connectivity index (χ4n) is 3.41. The van der Waals surface area contributed by atoms with Gasteiger partial charge in [-0.25, -0.2) is 8.42 Å². The summed E-state index contributed by atoms with van der Waals surface area (Å²) in [5.74, 6) is 0.687. The number of nitrogens with one attached hydrogen (secondary N) is 1. The Kier molecular flexibility index (Phi) is 5.14. The van der Waals surface area contributed by atoms with E-state index in [2.05, 4.69) is 31.1 Å². The molecule has 2 rings (SSSR count). The Bertz CT molecular complexity index is 410. The van der Waals surface area contributed by atoms with Crippen molar-refractivity contribution in [3.8, 4) is 0 Å². The molecular weight excluding hydrogens is 272 g/mol. The van der Waals surface area contributed by atoms with Crippen molar-refractivity contribution in [2.45, 2.75) is 58.0 Å². The molecule has 0 bridgehead atoms. The fourth-order valence-corrected chi connectivity index (χ4v) is 5.12. The van der Waals surface area contributed by atoms with Crippen LogP contribution in [0.5, 0.6) is 0 Å². The van der Waals surface area contributed by atoms with E-state index in [4.69, 9.17) is 0 Å². The molecule has 5 heteroatoms. The quantitative estimate of drug-likeness (QED) is 0.839. The van der Waals surface area contributed by atoms with Gasteiger partial charge >= 0.3 is 0 Å². The summed E-state index contributed by atoms with van der Waals surface area (Å²) >= 11 is 0. The molecule has 0 aromatic heterocycles. The highest BCUT2D eigenvalue weighted by molar-refractivity contribution is 7.91. The summed E-state index contributed by atoms with van der Waals surface area (Å²) < 4.78 is 22.8. The SMILES string of the molecule is CN(CCNC1CCS(=O)(=O)C1)C1CCC(C)(C)CC1. The smallest absolute Gasteiger partial charge is 0.151 e. The van der Waals surface area contributed by atoms with Crippen LogP contribution < -0.4 is 5.32 Å². The number of sulfone groups is 1. The lowest BCUT2D eigenvalue weighted by Gasteiger charge is -2.38. The van der Waals surface area contributed by atoms with Crippen molar-refractivity contribution in [2.24, 2.45) is 5.41 Å². The number of nitrogens with zero attached hydrogens (tertiary/aromatic N) is 1. The Morgan fingerprint density at radius 2 is 1.85 bits per heavy atom. The molecule has 0 amide bonds. The molecule has 2 aliphatic rings. The van der Waals surface area contributed by atoms with Gasteiger partial charge in [-0.1, -0.05) is 13.8 Å². The van der Waals surface area contributed by atoms with Crippen LogP contribution in [0.3, 0.4) is 0 Å². The van der Waals surface area contributed by atoms with Crippen LogP contribution in [0.1, 0.15) is 46.0 Å². The summed E-state index contributed by atoms with van der Waals surface area (Å²) in [6.07, 6.45) is 6.00. The molecule has 0 aromatic carbocycles. The van der Waals surface area contributed by atoms with Gasteiger partial charge < -0.3 is 10.2 Å². The number of hydrogen-bond acceptors (Lipinski definition) is 4. The maximum atomic E-state index is 11.4. The minimum absolute atomic E-state index is 0.179. The molecule has 20 heavy (non-hydrogen) atoms. The largest absolute Gasteiger partial charge is 0.312 e. The third-order valence-electron chi connectivity index (χ3n) is 5.06. The van der Waals surface area contributed by atoms with Gasteiger partial charge in [0, 0.05) is 25.2 Å². The normalized spacial score (nSPS) is 29.9. The first-order valence-electron chi connectivity index (χ1n) is 7.91. The van der Waals surface area contributed by atoms with Crippen molar-refractivity contribution < 1.29 is 8.42 Å². The maximum absolute atomic E-state index is 11.4. The van der Waals surface area contributed by atoms with Crippen LogP contribution in [0.2, 0.25) is 0 Å². The zero-order valence-electron chi connectivity index (χ0n) is 13.2. The molecule has 118 valence electrons. The first-order valence-corrected chi connectivity index (χ1v) is 9.74. The second-order valence-electron chi connectivity index (χ2n) is 7.43. The first kappa shape index (κ1) is 16.2. The van der Waals surface area contributed by atoms with Gasteiger partial charge in [0.1, 0.15) is 0 Å². The molecule has 1 saturated heterocycles. The third-order valence-corrected chi connectivity index (χ3v) is 6.83. The van der Waals surface area contributed by atoms with Crippen LogP contribution in [0.25, 0.3) is 0 Å². The molecule has 4 nitrogen and oxygen atoms in total. The van der Waals surface area contributed by atoms with Crippen LogP contribution in [0.4, 0.5) is 0 Å². The molecule has 1 unspecified atom stereocenters. The Balaban J connectivity index is 1.65. The summed E-state index contributed by atoms with van der Waals surface area (Å²) in [5.41, 5.74) is 0.522. The minimum atomic E-state index is -2.76. The Morgan fingerprint density at radius 1 is 1.20 bits per heavy atom. The average Bonchev–Trinajstić information content (AvgIpc) is 2.68. The number of likely N-dealkylation sites (N-methyl/N-ethyl adjacent to an activating group) is 1. The number of hydrogen-bond donors (Lipinski definition) is 1. The van der Waals surface area contributed by atoms with Crippen molar-refractivity contribution in [2.75, 3.05) is 31.6 Å². The second kappa shape index (κ2) is 6.32. The first-order chi connectivity index (χ1) is 9.27. The van der Waals surface area contributed by atoms with Crippen LogP contribution in [0.15, 0.2) is 0 Å². The van der Waals surface area contributed by atoms with E-state index >= 15 is 0 Å². The standard InChI is InChI=1S/C15H30N2O2S/c1-15(2)7-4-14(5-8-15)17(3)10-9-16-13-6-11-20(18,19)12-13/h13-14,16H,4-12H2,1-3H3. The van der Waals surface area contributed by atoms with Gasteiger partial charge in [-0.2, -0.15) is 0 Å². The van der Waals surface area contributed by atoms with Gasteiger partial charge in [0.25, 0.3) is 0 Å². The van der Waals surface area contributed by atoms with Gasteiger partial charge in [-0.05, 0) is 44.6 Å². The lowest BCUT2D eigenvalue weighted by Crippen LogP contribution is -2.42. The van der Waals surface area contributed by atoms with Crippen molar-refractivity contribution in [3.05, 3.63) is 0 Å². The van der Waals surface area contributed by atoms with E-state index in [1.165, 1.54) is 25.7 Å². The summed E-state index contributed by atoms with van der Waals surface area (Å²) in [4.78, 5) is 2.45. The highest BCUT2D eigenvalue weighted by Gasteiger charge is 2.29. The molecule has 1 N–H and O–H groups in total. The van der Waals surface area contributed by atoms with Gasteiger partial charge in [0.05, 0.1) is 11.5 Å². The molecule has 2 fully saturated rings. The molecule has 0 radical (unpaired) electrons. The summed E-state index contributed by atoms with van der Waals surface area (Å²) in [6, 6.07) is 0.885. The zero-order chi connectivity index (χ0) is 14.8. The lowest BCUT2D eigenvalue weighted by atomic mass is 9.75. The molecule has 1 aliphatic carbocycles. The minimum Gasteiger partial charge on any atom is -0.312 e. The number of rotatable bonds is 5. The van der Waals surface area contributed by atoms with E-state index in [0.29, 0.717) is 23.0 Å². The van der Waals surface area contributed by atoms with Crippen molar-refractivity contribution in [3.63, 3.8) is 0 Å². The molecule has 0 aromatic rings. The zero-order valence-corrected chi connectivity index (χ0v) is 14.0. The molecular formula is C15H30N2O2S. The van der Waals surface area contributed by atoms with Crippen molar-refractivity contribution in [1.29, 1.82) is 0 Å². The Morgan fingerprint density at radius 3 is 2.40 bits per heavy atom. The van der Waals surface area contributed by atoms with E-state index in [-0.39, 0.29) is 6.04 Å².